The minimum Gasteiger partial charge on any atom is -0.497 e. The van der Waals surface area contributed by atoms with Crippen molar-refractivity contribution in [2.45, 2.75) is 6.54 Å². The highest BCUT2D eigenvalue weighted by Gasteiger charge is 2.05. The molecule has 2 rings (SSSR count). The lowest BCUT2D eigenvalue weighted by Gasteiger charge is -2.11. The van der Waals surface area contributed by atoms with E-state index >= 15 is 0 Å². The van der Waals surface area contributed by atoms with E-state index in [2.05, 4.69) is 5.32 Å². The average molecular weight is 275 g/mol. The van der Waals surface area contributed by atoms with E-state index in [0.717, 1.165) is 16.0 Å². The van der Waals surface area contributed by atoms with Crippen molar-refractivity contribution in [3.8, 4) is 5.75 Å². The maximum atomic E-state index is 11.8. The number of hydrogen-bond acceptors (Lipinski definition) is 4. The monoisotopic (exact) mass is 275 g/mol. The lowest BCUT2D eigenvalue weighted by Crippen LogP contribution is -2.38. The summed E-state index contributed by atoms with van der Waals surface area (Å²) in [6, 6.07) is 8.90. The summed E-state index contributed by atoms with van der Waals surface area (Å²) in [5.41, 5.74) is 0.842. The Morgan fingerprint density at radius 3 is 2.60 bits per heavy atom. The molecule has 1 heterocycles. The first-order chi connectivity index (χ1) is 9.52. The molecule has 6 heteroatoms. The lowest BCUT2D eigenvalue weighted by molar-refractivity contribution is 0.415. The van der Waals surface area contributed by atoms with Crippen LogP contribution >= 0.6 is 0 Å². The van der Waals surface area contributed by atoms with Crippen molar-refractivity contribution in [3.63, 3.8) is 0 Å². The van der Waals surface area contributed by atoms with Crippen molar-refractivity contribution >= 4 is 5.69 Å². The van der Waals surface area contributed by atoms with Gasteiger partial charge in [-0.3, -0.25) is 13.9 Å². The fourth-order valence-electron chi connectivity index (χ4n) is 1.87. The molecule has 0 aliphatic carbocycles. The average Bonchev–Trinajstić information content (AvgIpc) is 2.47. The van der Waals surface area contributed by atoms with E-state index in [0.29, 0.717) is 12.2 Å². The van der Waals surface area contributed by atoms with Crippen LogP contribution in [0.25, 0.3) is 0 Å². The highest BCUT2D eigenvalue weighted by atomic mass is 16.5. The van der Waals surface area contributed by atoms with E-state index in [4.69, 9.17) is 4.74 Å². The Labute approximate surface area is 116 Å². The van der Waals surface area contributed by atoms with Gasteiger partial charge in [0, 0.05) is 37.6 Å². The van der Waals surface area contributed by atoms with Gasteiger partial charge >= 0.3 is 5.69 Å². The van der Waals surface area contributed by atoms with Crippen molar-refractivity contribution in [3.05, 3.63) is 56.9 Å². The molecule has 6 nitrogen and oxygen atoms in total. The molecule has 0 aliphatic heterocycles. The molecule has 1 aromatic carbocycles. The molecule has 0 unspecified atom stereocenters. The van der Waals surface area contributed by atoms with Crippen molar-refractivity contribution in [1.82, 2.24) is 9.13 Å². The maximum absolute atomic E-state index is 11.8. The van der Waals surface area contributed by atoms with Gasteiger partial charge in [0.2, 0.25) is 0 Å². The van der Waals surface area contributed by atoms with Crippen LogP contribution in [0.5, 0.6) is 5.75 Å². The molecular formula is C14H17N3O3. The number of anilines is 1. The summed E-state index contributed by atoms with van der Waals surface area (Å²) < 4.78 is 7.67. The molecule has 1 aromatic heterocycles. The highest BCUT2D eigenvalue weighted by Crippen LogP contribution is 2.17. The van der Waals surface area contributed by atoms with Crippen molar-refractivity contribution < 1.29 is 4.74 Å². The van der Waals surface area contributed by atoms with E-state index in [1.54, 1.807) is 14.2 Å². The number of aromatic nitrogens is 2. The van der Waals surface area contributed by atoms with Gasteiger partial charge < -0.3 is 10.1 Å². The second kappa shape index (κ2) is 5.64. The van der Waals surface area contributed by atoms with Crippen LogP contribution in [0.15, 0.2) is 39.9 Å². The van der Waals surface area contributed by atoms with Crippen LogP contribution in [0.3, 0.4) is 0 Å². The Bertz CT molecular complexity index is 731. The van der Waals surface area contributed by atoms with Crippen LogP contribution < -0.4 is 21.3 Å². The Morgan fingerprint density at radius 1 is 1.15 bits per heavy atom. The molecular weight excluding hydrogens is 258 g/mol. The van der Waals surface area contributed by atoms with Gasteiger partial charge in [-0.25, -0.2) is 4.79 Å². The van der Waals surface area contributed by atoms with Crippen molar-refractivity contribution in [1.29, 1.82) is 0 Å². The summed E-state index contributed by atoms with van der Waals surface area (Å²) in [5, 5.41) is 3.16. The minimum absolute atomic E-state index is 0.310. The van der Waals surface area contributed by atoms with Gasteiger partial charge in [0.15, 0.2) is 0 Å². The fraction of sp³-hybridized carbons (Fsp3) is 0.286. The van der Waals surface area contributed by atoms with Crippen LogP contribution in [-0.2, 0) is 20.6 Å². The maximum Gasteiger partial charge on any atom is 0.330 e. The number of rotatable bonds is 4. The standard InChI is InChI=1S/C14H17N3O3/c1-16-11(8-13(18)17(2)14(16)19)9-15-10-5-4-6-12(7-10)20-3/h4-8,15H,9H2,1-3H3. The summed E-state index contributed by atoms with van der Waals surface area (Å²) in [5.74, 6) is 0.743. The minimum atomic E-state index is -0.333. The summed E-state index contributed by atoms with van der Waals surface area (Å²) in [4.78, 5) is 23.4. The van der Waals surface area contributed by atoms with E-state index in [1.807, 2.05) is 24.3 Å². The molecule has 0 amide bonds. The first kappa shape index (κ1) is 13.9. The number of nitrogens with zero attached hydrogens (tertiary/aromatic N) is 2. The molecule has 0 saturated heterocycles. The van der Waals surface area contributed by atoms with Gasteiger partial charge in [-0.15, -0.1) is 0 Å². The molecule has 0 spiro atoms. The van der Waals surface area contributed by atoms with E-state index < -0.39 is 0 Å². The summed E-state index contributed by atoms with van der Waals surface area (Å²) >= 11 is 0. The molecule has 0 bridgehead atoms. The third-order valence-electron chi connectivity index (χ3n) is 3.17. The van der Waals surface area contributed by atoms with Crippen LogP contribution in [-0.4, -0.2) is 16.2 Å². The second-order valence-electron chi connectivity index (χ2n) is 4.46. The SMILES string of the molecule is COc1cccc(NCc2cc(=O)n(C)c(=O)n2C)c1. The highest BCUT2D eigenvalue weighted by molar-refractivity contribution is 5.48. The number of ether oxygens (including phenoxy) is 1. The number of hydrogen-bond donors (Lipinski definition) is 1. The largest absolute Gasteiger partial charge is 0.497 e. The fourth-order valence-corrected chi connectivity index (χ4v) is 1.87. The molecule has 0 saturated carbocycles. The Morgan fingerprint density at radius 2 is 1.90 bits per heavy atom. The zero-order chi connectivity index (χ0) is 14.7. The van der Waals surface area contributed by atoms with Gasteiger partial charge in [0.1, 0.15) is 5.75 Å². The summed E-state index contributed by atoms with van der Waals surface area (Å²) in [6.45, 7) is 0.384. The van der Waals surface area contributed by atoms with Crippen LogP contribution in [0.2, 0.25) is 0 Å². The van der Waals surface area contributed by atoms with Crippen LogP contribution in [0, 0.1) is 0 Å². The zero-order valence-corrected chi connectivity index (χ0v) is 11.7. The quantitative estimate of drug-likeness (QED) is 0.892. The van der Waals surface area contributed by atoms with E-state index in [1.165, 1.54) is 17.7 Å². The topological polar surface area (TPSA) is 65.3 Å². The molecule has 2 aromatic rings. The number of nitrogens with one attached hydrogen (secondary N) is 1. The molecule has 0 radical (unpaired) electrons. The molecule has 0 fully saturated rings. The van der Waals surface area contributed by atoms with Gasteiger partial charge in [-0.1, -0.05) is 6.07 Å². The lowest BCUT2D eigenvalue weighted by atomic mass is 10.3. The predicted octanol–water partition coefficient (Wildman–Crippen LogP) is 0.705. The molecule has 1 N–H and O–H groups in total. The Kier molecular flexibility index (Phi) is 3.93. The summed E-state index contributed by atoms with van der Waals surface area (Å²) in [6.07, 6.45) is 0. The second-order valence-corrected chi connectivity index (χ2v) is 4.46. The van der Waals surface area contributed by atoms with E-state index in [9.17, 15) is 9.59 Å². The number of benzene rings is 1. The van der Waals surface area contributed by atoms with Gasteiger partial charge in [0.05, 0.1) is 13.7 Å². The normalized spacial score (nSPS) is 10.3. The zero-order valence-electron chi connectivity index (χ0n) is 11.7. The molecule has 0 atom stereocenters. The van der Waals surface area contributed by atoms with Gasteiger partial charge in [-0.05, 0) is 12.1 Å². The van der Waals surface area contributed by atoms with Crippen LogP contribution in [0.1, 0.15) is 5.69 Å². The number of methoxy groups -OCH3 is 1. The predicted molar refractivity (Wildman–Crippen MR) is 77.2 cm³/mol. The van der Waals surface area contributed by atoms with Gasteiger partial charge in [0.25, 0.3) is 5.56 Å². The summed E-state index contributed by atoms with van der Waals surface area (Å²) in [7, 11) is 4.71. The third-order valence-corrected chi connectivity index (χ3v) is 3.17. The van der Waals surface area contributed by atoms with Gasteiger partial charge in [-0.2, -0.15) is 0 Å². The molecule has 0 aliphatic rings. The Hall–Kier alpha value is -2.50. The smallest absolute Gasteiger partial charge is 0.330 e. The van der Waals surface area contributed by atoms with Crippen LogP contribution in [0.4, 0.5) is 5.69 Å². The molecule has 106 valence electrons. The third kappa shape index (κ3) is 2.74. The van der Waals surface area contributed by atoms with Crippen molar-refractivity contribution in [2.75, 3.05) is 12.4 Å². The Balaban J connectivity index is 2.23. The molecule has 20 heavy (non-hydrogen) atoms. The van der Waals surface area contributed by atoms with E-state index in [-0.39, 0.29) is 11.2 Å². The first-order valence-electron chi connectivity index (χ1n) is 6.17. The first-order valence-corrected chi connectivity index (χ1v) is 6.17. The van der Waals surface area contributed by atoms with Crippen molar-refractivity contribution in [2.24, 2.45) is 14.1 Å².